The first-order valence-electron chi connectivity index (χ1n) is 3.29. The van der Waals surface area contributed by atoms with E-state index in [0.717, 1.165) is 0 Å². The maximum Gasteiger partial charge on any atom is 0.330 e. The number of ether oxygens (including phenoxy) is 1. The molecular weight excluding hydrogens is 144 g/mol. The van der Waals surface area contributed by atoms with Crippen molar-refractivity contribution in [3.05, 3.63) is 12.7 Å². The maximum absolute atomic E-state index is 10.4. The van der Waals surface area contributed by atoms with Gasteiger partial charge in [-0.3, -0.25) is 11.7 Å². The second kappa shape index (κ2) is 9.13. The Hall–Kier alpha value is -0.870. The van der Waals surface area contributed by atoms with E-state index < -0.39 is 0 Å². The summed E-state index contributed by atoms with van der Waals surface area (Å²) >= 11 is 0. The van der Waals surface area contributed by atoms with E-state index in [-0.39, 0.29) is 5.97 Å². The van der Waals surface area contributed by atoms with Crippen LogP contribution >= 0.6 is 0 Å². The van der Waals surface area contributed by atoms with Crippen LogP contribution in [0.4, 0.5) is 0 Å². The predicted octanol–water partition coefficient (Wildman–Crippen LogP) is 0.190. The molecule has 0 aromatic carbocycles. The van der Waals surface area contributed by atoms with Gasteiger partial charge in [-0.2, -0.15) is 0 Å². The molecule has 4 nitrogen and oxygen atoms in total. The molecule has 0 aromatic heterocycles. The Morgan fingerprint density at radius 2 is 2.09 bits per heavy atom. The highest BCUT2D eigenvalue weighted by Gasteiger charge is 1.96. The van der Waals surface area contributed by atoms with Gasteiger partial charge in [0.25, 0.3) is 0 Å². The molecule has 0 radical (unpaired) electrons. The molecule has 0 heterocycles. The van der Waals surface area contributed by atoms with E-state index in [1.165, 1.54) is 6.08 Å². The van der Waals surface area contributed by atoms with Crippen molar-refractivity contribution in [2.45, 2.75) is 13.8 Å². The fourth-order valence-corrected chi connectivity index (χ4v) is 0.308. The van der Waals surface area contributed by atoms with Crippen LogP contribution in [0.3, 0.4) is 0 Å². The van der Waals surface area contributed by atoms with Crippen LogP contribution in [0.25, 0.3) is 0 Å². The monoisotopic (exact) mass is 160 g/mol. The predicted molar refractivity (Wildman–Crippen MR) is 44.4 cm³/mol. The summed E-state index contributed by atoms with van der Waals surface area (Å²) in [5.74, 6) is 8.05. The quantitative estimate of drug-likeness (QED) is 0.267. The Balaban J connectivity index is 0. The number of nitrogens with two attached hydrogens (primary N) is 2. The van der Waals surface area contributed by atoms with Crippen LogP contribution in [0.2, 0.25) is 0 Å². The van der Waals surface area contributed by atoms with Gasteiger partial charge in [-0.05, 0) is 5.92 Å². The van der Waals surface area contributed by atoms with Crippen molar-refractivity contribution in [2.75, 3.05) is 6.61 Å². The number of hydrogen-bond donors (Lipinski definition) is 2. The molecule has 11 heavy (non-hydrogen) atoms. The minimum Gasteiger partial charge on any atom is -0.462 e. The Kier molecular flexibility index (Phi) is 10.6. The van der Waals surface area contributed by atoms with Crippen molar-refractivity contribution < 1.29 is 9.53 Å². The van der Waals surface area contributed by atoms with E-state index in [9.17, 15) is 4.79 Å². The first-order chi connectivity index (χ1) is 5.16. The van der Waals surface area contributed by atoms with E-state index in [1.807, 2.05) is 13.8 Å². The van der Waals surface area contributed by atoms with Crippen LogP contribution in [0.1, 0.15) is 13.8 Å². The Morgan fingerprint density at radius 1 is 1.64 bits per heavy atom. The zero-order chi connectivity index (χ0) is 9.28. The highest BCUT2D eigenvalue weighted by Crippen LogP contribution is 1.92. The number of hydrogen-bond acceptors (Lipinski definition) is 4. The average molecular weight is 160 g/mol. The van der Waals surface area contributed by atoms with Crippen LogP contribution in [0.5, 0.6) is 0 Å². The van der Waals surface area contributed by atoms with Crippen molar-refractivity contribution >= 4 is 5.97 Å². The summed E-state index contributed by atoms with van der Waals surface area (Å²) in [6.07, 6.45) is 1.17. The van der Waals surface area contributed by atoms with Crippen molar-refractivity contribution in [3.8, 4) is 0 Å². The number of esters is 1. The topological polar surface area (TPSA) is 78.3 Å². The van der Waals surface area contributed by atoms with Gasteiger partial charge < -0.3 is 4.74 Å². The van der Waals surface area contributed by atoms with Crippen molar-refractivity contribution in [1.82, 2.24) is 0 Å². The molecule has 0 amide bonds. The van der Waals surface area contributed by atoms with Crippen LogP contribution in [0, 0.1) is 5.92 Å². The largest absolute Gasteiger partial charge is 0.462 e. The van der Waals surface area contributed by atoms with Crippen molar-refractivity contribution in [3.63, 3.8) is 0 Å². The van der Waals surface area contributed by atoms with Crippen LogP contribution < -0.4 is 11.7 Å². The normalized spacial score (nSPS) is 8.09. The third-order valence-corrected chi connectivity index (χ3v) is 0.726. The highest BCUT2D eigenvalue weighted by molar-refractivity contribution is 5.81. The van der Waals surface area contributed by atoms with Crippen LogP contribution in [-0.4, -0.2) is 12.6 Å². The minimum absolute atomic E-state index is 0.344. The summed E-state index contributed by atoms with van der Waals surface area (Å²) in [7, 11) is 0. The number of carbonyl (C=O) groups is 1. The first kappa shape index (κ1) is 12.8. The van der Waals surface area contributed by atoms with Gasteiger partial charge in [0, 0.05) is 6.08 Å². The van der Waals surface area contributed by atoms with Gasteiger partial charge in [0.1, 0.15) is 0 Å². The lowest BCUT2D eigenvalue weighted by molar-refractivity contribution is -0.138. The van der Waals surface area contributed by atoms with E-state index in [1.54, 1.807) is 0 Å². The lowest BCUT2D eigenvalue weighted by Crippen LogP contribution is -2.06. The van der Waals surface area contributed by atoms with Gasteiger partial charge in [-0.15, -0.1) is 0 Å². The number of hydrazine groups is 1. The molecule has 0 saturated carbocycles. The zero-order valence-corrected chi connectivity index (χ0v) is 7.04. The molecule has 4 N–H and O–H groups in total. The summed E-state index contributed by atoms with van der Waals surface area (Å²) < 4.78 is 4.70. The molecule has 0 aromatic rings. The first-order valence-corrected chi connectivity index (χ1v) is 3.29. The van der Waals surface area contributed by atoms with Gasteiger partial charge in [0.05, 0.1) is 6.61 Å². The average Bonchev–Trinajstić information content (AvgIpc) is 2.04. The van der Waals surface area contributed by atoms with Gasteiger partial charge in [-0.25, -0.2) is 4.79 Å². The summed E-state index contributed by atoms with van der Waals surface area (Å²) in [5.41, 5.74) is 0. The van der Waals surface area contributed by atoms with Gasteiger partial charge in [-0.1, -0.05) is 20.4 Å². The third-order valence-electron chi connectivity index (χ3n) is 0.726. The molecule has 0 saturated heterocycles. The second-order valence-corrected chi connectivity index (χ2v) is 2.23. The summed E-state index contributed by atoms with van der Waals surface area (Å²) in [6, 6.07) is 0. The minimum atomic E-state index is -0.344. The van der Waals surface area contributed by atoms with E-state index in [0.29, 0.717) is 12.5 Å². The Bertz CT molecular complexity index is 113. The zero-order valence-electron chi connectivity index (χ0n) is 7.04. The lowest BCUT2D eigenvalue weighted by Gasteiger charge is -2.02. The second-order valence-electron chi connectivity index (χ2n) is 2.23. The molecule has 0 spiro atoms. The van der Waals surface area contributed by atoms with Crippen LogP contribution in [-0.2, 0) is 9.53 Å². The van der Waals surface area contributed by atoms with E-state index in [4.69, 9.17) is 4.74 Å². The smallest absolute Gasteiger partial charge is 0.330 e. The molecule has 0 bridgehead atoms. The molecule has 0 aliphatic carbocycles. The number of rotatable bonds is 3. The summed E-state index contributed by atoms with van der Waals surface area (Å²) in [4.78, 5) is 10.4. The van der Waals surface area contributed by atoms with Gasteiger partial charge in [0.15, 0.2) is 0 Å². The van der Waals surface area contributed by atoms with Crippen LogP contribution in [0.15, 0.2) is 12.7 Å². The van der Waals surface area contributed by atoms with Gasteiger partial charge in [0.2, 0.25) is 0 Å². The molecule has 0 fully saturated rings. The molecular formula is C7H16N2O2. The fourth-order valence-electron chi connectivity index (χ4n) is 0.308. The maximum atomic E-state index is 10.4. The molecule has 0 aliphatic heterocycles. The van der Waals surface area contributed by atoms with E-state index in [2.05, 4.69) is 18.3 Å². The Labute approximate surface area is 67.2 Å². The van der Waals surface area contributed by atoms with Gasteiger partial charge >= 0.3 is 5.97 Å². The standard InChI is InChI=1S/C7H12O2.H4N2/c1-4-7(8)9-5-6(2)3;1-2/h4,6H,1,5H2,2-3H3;1-2H2. The molecule has 0 unspecified atom stereocenters. The highest BCUT2D eigenvalue weighted by atomic mass is 16.5. The third kappa shape index (κ3) is 12.4. The van der Waals surface area contributed by atoms with E-state index >= 15 is 0 Å². The summed E-state index contributed by atoms with van der Waals surface area (Å²) in [6.45, 7) is 7.71. The molecule has 0 atom stereocenters. The SMILES string of the molecule is C=CC(=O)OCC(C)C.NN. The Morgan fingerprint density at radius 3 is 2.36 bits per heavy atom. The van der Waals surface area contributed by atoms with Crippen molar-refractivity contribution in [2.24, 2.45) is 17.6 Å². The molecule has 66 valence electrons. The van der Waals surface area contributed by atoms with Crippen molar-refractivity contribution in [1.29, 1.82) is 0 Å². The lowest BCUT2D eigenvalue weighted by atomic mass is 10.2. The molecule has 4 heteroatoms. The molecule has 0 rings (SSSR count). The summed E-state index contributed by atoms with van der Waals surface area (Å²) in [5, 5.41) is 0. The number of carbonyl (C=O) groups excluding carboxylic acids is 1. The fraction of sp³-hybridized carbons (Fsp3) is 0.571. The molecule has 0 aliphatic rings.